The van der Waals surface area contributed by atoms with Crippen molar-refractivity contribution in [2.75, 3.05) is 25.0 Å². The van der Waals surface area contributed by atoms with Crippen molar-refractivity contribution in [3.05, 3.63) is 30.1 Å². The maximum atomic E-state index is 13.3. The number of likely N-dealkylation sites (tertiary alicyclic amines) is 1. The molecule has 1 aromatic carbocycles. The van der Waals surface area contributed by atoms with E-state index >= 15 is 0 Å². The highest BCUT2D eigenvalue weighted by Gasteiger charge is 2.27. The Morgan fingerprint density at radius 1 is 1.40 bits per heavy atom. The quantitative estimate of drug-likeness (QED) is 0.858. The van der Waals surface area contributed by atoms with Crippen LogP contribution in [0, 0.1) is 11.7 Å². The second-order valence-corrected chi connectivity index (χ2v) is 4.90. The van der Waals surface area contributed by atoms with E-state index in [0.717, 1.165) is 0 Å². The molecule has 0 aliphatic carbocycles. The van der Waals surface area contributed by atoms with Crippen molar-refractivity contribution in [2.24, 2.45) is 5.92 Å². The van der Waals surface area contributed by atoms with E-state index in [2.05, 4.69) is 5.32 Å². The van der Waals surface area contributed by atoms with Gasteiger partial charge in [0.05, 0.1) is 11.6 Å². The van der Waals surface area contributed by atoms with Gasteiger partial charge in [0.25, 0.3) is 0 Å². The highest BCUT2D eigenvalue weighted by Crippen LogP contribution is 2.17. The van der Waals surface area contributed by atoms with Crippen LogP contribution in [0.5, 0.6) is 0 Å². The maximum absolute atomic E-state index is 13.3. The number of rotatable bonds is 5. The fourth-order valence-electron chi connectivity index (χ4n) is 2.27. The van der Waals surface area contributed by atoms with Gasteiger partial charge in [-0.3, -0.25) is 9.59 Å². The van der Waals surface area contributed by atoms with Crippen LogP contribution in [0.15, 0.2) is 24.3 Å². The molecule has 108 valence electrons. The highest BCUT2D eigenvalue weighted by molar-refractivity contribution is 5.90. The van der Waals surface area contributed by atoms with Gasteiger partial charge in [-0.25, -0.2) is 4.39 Å². The molecule has 2 N–H and O–H groups in total. The molecule has 0 aromatic heterocycles. The van der Waals surface area contributed by atoms with Crippen LogP contribution in [-0.4, -0.2) is 41.5 Å². The standard InChI is InChI=1S/C14H17FN2O3/c15-11-3-1-2-4-12(11)16-13(18)6-8-17-7-5-10(9-17)14(19)20/h1-4,10H,5-9H2,(H,16,18)(H,19,20). The number of amides is 1. The number of carboxylic acids is 1. The molecule has 2 rings (SSSR count). The zero-order chi connectivity index (χ0) is 14.5. The number of halogens is 1. The smallest absolute Gasteiger partial charge is 0.307 e. The molecule has 1 heterocycles. The second kappa shape index (κ2) is 6.47. The van der Waals surface area contributed by atoms with Crippen molar-refractivity contribution in [3.63, 3.8) is 0 Å². The Morgan fingerprint density at radius 3 is 2.80 bits per heavy atom. The van der Waals surface area contributed by atoms with Gasteiger partial charge in [0.15, 0.2) is 0 Å². The van der Waals surface area contributed by atoms with Crippen LogP contribution in [0.25, 0.3) is 0 Å². The summed E-state index contributed by atoms with van der Waals surface area (Å²) in [6.07, 6.45) is 0.838. The first-order valence-corrected chi connectivity index (χ1v) is 6.56. The topological polar surface area (TPSA) is 69.6 Å². The van der Waals surface area contributed by atoms with Crippen molar-refractivity contribution < 1.29 is 19.1 Å². The first-order valence-electron chi connectivity index (χ1n) is 6.56. The Kier molecular flexibility index (Phi) is 4.68. The van der Waals surface area contributed by atoms with Crippen molar-refractivity contribution in [2.45, 2.75) is 12.8 Å². The zero-order valence-electron chi connectivity index (χ0n) is 11.0. The van der Waals surface area contributed by atoms with Crippen LogP contribution >= 0.6 is 0 Å². The number of carbonyl (C=O) groups excluding carboxylic acids is 1. The summed E-state index contributed by atoms with van der Waals surface area (Å²) in [5.74, 6) is -1.87. The van der Waals surface area contributed by atoms with Crippen molar-refractivity contribution in [3.8, 4) is 0 Å². The molecule has 0 bridgehead atoms. The third kappa shape index (κ3) is 3.77. The number of carbonyl (C=O) groups is 2. The predicted molar refractivity (Wildman–Crippen MR) is 71.8 cm³/mol. The molecule has 1 saturated heterocycles. The first kappa shape index (κ1) is 14.5. The largest absolute Gasteiger partial charge is 0.481 e. The molecule has 5 nitrogen and oxygen atoms in total. The molecule has 0 radical (unpaired) electrons. The molecule has 6 heteroatoms. The number of aliphatic carboxylic acids is 1. The zero-order valence-corrected chi connectivity index (χ0v) is 11.0. The van der Waals surface area contributed by atoms with Gasteiger partial charge < -0.3 is 15.3 Å². The normalized spacial score (nSPS) is 18.9. The molecule has 1 fully saturated rings. The Balaban J connectivity index is 1.76. The molecule has 0 spiro atoms. The molecule has 1 unspecified atom stereocenters. The van der Waals surface area contributed by atoms with Gasteiger partial charge in [-0.05, 0) is 25.1 Å². The number of hydrogen-bond donors (Lipinski definition) is 2. The summed E-state index contributed by atoms with van der Waals surface area (Å²) in [7, 11) is 0. The van der Waals surface area contributed by atoms with E-state index < -0.39 is 11.8 Å². The van der Waals surface area contributed by atoms with Crippen LogP contribution in [0.4, 0.5) is 10.1 Å². The number of nitrogens with one attached hydrogen (secondary N) is 1. The Hall–Kier alpha value is -1.95. The minimum absolute atomic E-state index is 0.169. The molecule has 1 aromatic rings. The molecule has 1 atom stereocenters. The van der Waals surface area contributed by atoms with Gasteiger partial charge in [-0.1, -0.05) is 12.1 Å². The third-order valence-electron chi connectivity index (χ3n) is 3.42. The maximum Gasteiger partial charge on any atom is 0.307 e. The minimum atomic E-state index is -0.789. The average molecular weight is 280 g/mol. The number of benzene rings is 1. The van der Waals surface area contributed by atoms with Gasteiger partial charge in [0, 0.05) is 19.5 Å². The number of anilines is 1. The van der Waals surface area contributed by atoms with Gasteiger partial charge in [-0.2, -0.15) is 0 Å². The van der Waals surface area contributed by atoms with Crippen LogP contribution in [-0.2, 0) is 9.59 Å². The molecular formula is C14H17FN2O3. The van der Waals surface area contributed by atoms with Crippen LogP contribution in [0.2, 0.25) is 0 Å². The summed E-state index contributed by atoms with van der Waals surface area (Å²) in [6.45, 7) is 1.65. The van der Waals surface area contributed by atoms with Crippen LogP contribution in [0.3, 0.4) is 0 Å². The van der Waals surface area contributed by atoms with Crippen molar-refractivity contribution in [1.82, 2.24) is 4.90 Å². The Morgan fingerprint density at radius 2 is 2.15 bits per heavy atom. The monoisotopic (exact) mass is 280 g/mol. The van der Waals surface area contributed by atoms with E-state index in [4.69, 9.17) is 5.11 Å². The van der Waals surface area contributed by atoms with E-state index in [9.17, 15) is 14.0 Å². The molecule has 1 aliphatic heterocycles. The molecule has 0 saturated carbocycles. The van der Waals surface area contributed by atoms with E-state index in [1.54, 1.807) is 12.1 Å². The summed E-state index contributed by atoms with van der Waals surface area (Å²) in [5, 5.41) is 11.4. The number of nitrogens with zero attached hydrogens (tertiary/aromatic N) is 1. The molecule has 1 aliphatic rings. The third-order valence-corrected chi connectivity index (χ3v) is 3.42. The Labute approximate surface area is 116 Å². The van der Waals surface area contributed by atoms with E-state index in [-0.39, 0.29) is 23.9 Å². The summed E-state index contributed by atoms with van der Waals surface area (Å²) in [6, 6.07) is 6.00. The first-order chi connectivity index (χ1) is 9.56. The fraction of sp³-hybridized carbons (Fsp3) is 0.429. The van der Waals surface area contributed by atoms with Crippen molar-refractivity contribution in [1.29, 1.82) is 0 Å². The van der Waals surface area contributed by atoms with E-state index in [1.165, 1.54) is 12.1 Å². The summed E-state index contributed by atoms with van der Waals surface area (Å²) >= 11 is 0. The number of hydrogen-bond acceptors (Lipinski definition) is 3. The summed E-state index contributed by atoms with van der Waals surface area (Å²) < 4.78 is 13.3. The summed E-state index contributed by atoms with van der Waals surface area (Å²) in [4.78, 5) is 24.5. The van der Waals surface area contributed by atoms with Gasteiger partial charge >= 0.3 is 5.97 Å². The minimum Gasteiger partial charge on any atom is -0.481 e. The lowest BCUT2D eigenvalue weighted by atomic mass is 10.1. The molecule has 20 heavy (non-hydrogen) atoms. The summed E-state index contributed by atoms with van der Waals surface area (Å²) in [5.41, 5.74) is 0.169. The molecule has 1 amide bonds. The highest BCUT2D eigenvalue weighted by atomic mass is 19.1. The van der Waals surface area contributed by atoms with Crippen LogP contribution < -0.4 is 5.32 Å². The van der Waals surface area contributed by atoms with E-state index in [0.29, 0.717) is 26.1 Å². The lowest BCUT2D eigenvalue weighted by Gasteiger charge is -2.14. The predicted octanol–water partition coefficient (Wildman–Crippen LogP) is 1.56. The SMILES string of the molecule is O=C(CCN1CCC(C(=O)O)C1)Nc1ccccc1F. The lowest BCUT2D eigenvalue weighted by molar-refractivity contribution is -0.141. The van der Waals surface area contributed by atoms with Gasteiger partial charge in [0.2, 0.25) is 5.91 Å². The number of para-hydroxylation sites is 1. The fourth-order valence-corrected chi connectivity index (χ4v) is 2.27. The Bertz CT molecular complexity index is 507. The molecular weight excluding hydrogens is 263 g/mol. The van der Waals surface area contributed by atoms with Gasteiger partial charge in [0.1, 0.15) is 5.82 Å². The van der Waals surface area contributed by atoms with Crippen molar-refractivity contribution >= 4 is 17.6 Å². The van der Waals surface area contributed by atoms with Gasteiger partial charge in [-0.15, -0.1) is 0 Å². The van der Waals surface area contributed by atoms with Crippen LogP contribution in [0.1, 0.15) is 12.8 Å². The average Bonchev–Trinajstić information content (AvgIpc) is 2.88. The van der Waals surface area contributed by atoms with E-state index in [1.807, 2.05) is 4.90 Å². The lowest BCUT2D eigenvalue weighted by Crippen LogP contribution is -2.27. The number of carboxylic acid groups (broad SMARTS) is 1. The second-order valence-electron chi connectivity index (χ2n) is 4.90.